The van der Waals surface area contributed by atoms with Gasteiger partial charge >= 0.3 is 0 Å². The molecule has 1 saturated heterocycles. The number of nitrogens with one attached hydrogen (secondary N) is 1. The van der Waals surface area contributed by atoms with E-state index in [1.807, 2.05) is 12.4 Å². The van der Waals surface area contributed by atoms with Crippen LogP contribution >= 0.6 is 0 Å². The highest BCUT2D eigenvalue weighted by molar-refractivity contribution is 5.81. The van der Waals surface area contributed by atoms with Crippen molar-refractivity contribution < 1.29 is 9.53 Å². The van der Waals surface area contributed by atoms with Gasteiger partial charge in [-0.05, 0) is 44.1 Å². The summed E-state index contributed by atoms with van der Waals surface area (Å²) in [4.78, 5) is 19.8. The Balaban J connectivity index is 1.27. The van der Waals surface area contributed by atoms with Crippen LogP contribution in [0.1, 0.15) is 42.6 Å². The Morgan fingerprint density at radius 3 is 2.90 bits per heavy atom. The van der Waals surface area contributed by atoms with Crippen LogP contribution in [0.3, 0.4) is 0 Å². The number of hydrogen-bond donors (Lipinski definition) is 1. The third kappa shape index (κ3) is 3.96. The Hall–Kier alpha value is -2.18. The number of likely N-dealkylation sites (tertiary alicyclic amines) is 1. The molecule has 1 unspecified atom stereocenters. The number of aryl methyl sites for hydroxylation is 1. The molecule has 1 saturated carbocycles. The van der Waals surface area contributed by atoms with Crippen LogP contribution in [-0.2, 0) is 28.2 Å². The monoisotopic (exact) mass is 394 g/mol. The van der Waals surface area contributed by atoms with Crippen molar-refractivity contribution in [3.05, 3.63) is 53.6 Å². The highest BCUT2D eigenvalue weighted by Gasteiger charge is 2.47. The molecular weight excluding hydrogens is 364 g/mol. The first-order valence-electron chi connectivity index (χ1n) is 10.9. The highest BCUT2D eigenvalue weighted by atomic mass is 16.5. The van der Waals surface area contributed by atoms with E-state index < -0.39 is 11.7 Å². The summed E-state index contributed by atoms with van der Waals surface area (Å²) in [6.45, 7) is 6.32. The van der Waals surface area contributed by atoms with Crippen molar-refractivity contribution in [3.63, 3.8) is 0 Å². The van der Waals surface area contributed by atoms with Crippen LogP contribution in [0, 0.1) is 12.8 Å². The first-order chi connectivity index (χ1) is 14.1. The van der Waals surface area contributed by atoms with Crippen LogP contribution in [0.2, 0.25) is 0 Å². The molecule has 1 aliphatic carbocycles. The molecule has 3 heterocycles. The lowest BCUT2D eigenvalue weighted by atomic mass is 9.88. The van der Waals surface area contributed by atoms with Crippen LogP contribution in [-0.4, -0.2) is 46.1 Å². The number of carbonyl (C=O) groups excluding carboxylic acids is 1. The van der Waals surface area contributed by atoms with Gasteiger partial charge in [0.2, 0.25) is 0 Å². The number of carbonyl (C=O) groups is 1. The van der Waals surface area contributed by atoms with Gasteiger partial charge in [0.25, 0.3) is 5.91 Å². The van der Waals surface area contributed by atoms with Crippen molar-refractivity contribution in [2.45, 2.75) is 57.4 Å². The molecule has 6 nitrogen and oxygen atoms in total. The number of aromatic nitrogens is 2. The van der Waals surface area contributed by atoms with Crippen molar-refractivity contribution in [2.75, 3.05) is 19.6 Å². The van der Waals surface area contributed by atoms with Gasteiger partial charge in [-0.1, -0.05) is 29.8 Å². The van der Waals surface area contributed by atoms with Crippen molar-refractivity contribution in [1.82, 2.24) is 19.8 Å². The molecule has 3 aliphatic rings. The minimum Gasteiger partial charge on any atom is -0.354 e. The number of hydrogen-bond acceptors (Lipinski definition) is 4. The molecule has 1 spiro atoms. The van der Waals surface area contributed by atoms with Crippen LogP contribution in [0.25, 0.3) is 0 Å². The van der Waals surface area contributed by atoms with E-state index >= 15 is 0 Å². The molecule has 2 fully saturated rings. The molecule has 1 N–H and O–H groups in total. The maximum atomic E-state index is 12.7. The summed E-state index contributed by atoms with van der Waals surface area (Å²) in [5, 5.41) is 3.10. The summed E-state index contributed by atoms with van der Waals surface area (Å²) in [5.41, 5.74) is 2.20. The topological polar surface area (TPSA) is 59.4 Å². The molecule has 5 rings (SSSR count). The molecule has 1 aromatic carbocycles. The second-order valence-electron chi connectivity index (χ2n) is 8.96. The van der Waals surface area contributed by atoms with Gasteiger partial charge in [0.1, 0.15) is 11.4 Å². The zero-order valence-electron chi connectivity index (χ0n) is 17.1. The van der Waals surface area contributed by atoms with Gasteiger partial charge in [-0.3, -0.25) is 9.69 Å². The minimum absolute atomic E-state index is 0.0258. The number of rotatable bonds is 5. The van der Waals surface area contributed by atoms with E-state index in [1.165, 1.54) is 24.0 Å². The van der Waals surface area contributed by atoms with Crippen molar-refractivity contribution in [1.29, 1.82) is 0 Å². The maximum Gasteiger partial charge on any atom is 0.251 e. The fraction of sp³-hybridized carbons (Fsp3) is 0.565. The number of benzene rings is 1. The fourth-order valence-electron chi connectivity index (χ4n) is 4.70. The Labute approximate surface area is 172 Å². The third-order valence-electron chi connectivity index (χ3n) is 6.56. The molecule has 2 aliphatic heterocycles. The number of nitrogens with zero attached hydrogens (tertiary/aromatic N) is 3. The van der Waals surface area contributed by atoms with Gasteiger partial charge in [0, 0.05) is 38.6 Å². The number of imidazole rings is 1. The van der Waals surface area contributed by atoms with Crippen molar-refractivity contribution >= 4 is 5.91 Å². The largest absolute Gasteiger partial charge is 0.354 e. The predicted octanol–water partition coefficient (Wildman–Crippen LogP) is 2.61. The zero-order valence-corrected chi connectivity index (χ0v) is 17.1. The summed E-state index contributed by atoms with van der Waals surface area (Å²) in [6.07, 6.45) is 7.59. The zero-order chi connectivity index (χ0) is 19.8. The molecule has 1 amide bonds. The lowest BCUT2D eigenvalue weighted by Crippen LogP contribution is -2.54. The first kappa shape index (κ1) is 18.8. The third-order valence-corrected chi connectivity index (χ3v) is 6.56. The molecule has 6 heteroatoms. The van der Waals surface area contributed by atoms with E-state index in [9.17, 15) is 4.79 Å². The predicted molar refractivity (Wildman–Crippen MR) is 110 cm³/mol. The van der Waals surface area contributed by atoms with Gasteiger partial charge in [0.15, 0.2) is 6.10 Å². The molecule has 1 aromatic heterocycles. The molecular formula is C23H30N4O2. The fourth-order valence-corrected chi connectivity index (χ4v) is 4.70. The molecule has 0 bridgehead atoms. The van der Waals surface area contributed by atoms with Crippen LogP contribution in [0.4, 0.5) is 0 Å². The number of ether oxygens (including phenoxy) is 1. The summed E-state index contributed by atoms with van der Waals surface area (Å²) in [5.74, 6) is 1.68. The standard InChI is InChI=1S/C23H30N4O2/c1-17-3-2-4-19(13-17)15-26-10-7-23(8-11-26)22-24-9-12-27(22)16-20(29-23)21(28)25-14-18-5-6-18/h2-4,9,12-13,18,20H,5-8,10-11,14-16H2,1H3,(H,25,28). The molecule has 29 heavy (non-hydrogen) atoms. The van der Waals surface area contributed by atoms with Gasteiger partial charge in [0.05, 0.1) is 6.54 Å². The summed E-state index contributed by atoms with van der Waals surface area (Å²) < 4.78 is 8.64. The van der Waals surface area contributed by atoms with E-state index in [4.69, 9.17) is 4.74 Å². The second kappa shape index (κ2) is 7.58. The normalized spacial score (nSPS) is 23.7. The lowest BCUT2D eigenvalue weighted by molar-refractivity contribution is -0.173. The molecule has 1 atom stereocenters. The average molecular weight is 395 g/mol. The smallest absolute Gasteiger partial charge is 0.251 e. The quantitative estimate of drug-likeness (QED) is 0.847. The van der Waals surface area contributed by atoms with E-state index in [0.717, 1.165) is 44.8 Å². The van der Waals surface area contributed by atoms with E-state index in [-0.39, 0.29) is 5.91 Å². The number of piperidine rings is 1. The summed E-state index contributed by atoms with van der Waals surface area (Å²) >= 11 is 0. The molecule has 0 radical (unpaired) electrons. The maximum absolute atomic E-state index is 12.7. The summed E-state index contributed by atoms with van der Waals surface area (Å²) in [7, 11) is 0. The van der Waals surface area contributed by atoms with Crippen LogP contribution < -0.4 is 5.32 Å². The Bertz CT molecular complexity index is 881. The first-order valence-corrected chi connectivity index (χ1v) is 10.9. The molecule has 2 aromatic rings. The highest BCUT2D eigenvalue weighted by Crippen LogP contribution is 2.40. The van der Waals surface area contributed by atoms with E-state index in [2.05, 4.69) is 51.0 Å². The van der Waals surface area contributed by atoms with Crippen LogP contribution in [0.5, 0.6) is 0 Å². The SMILES string of the molecule is Cc1cccc(CN2CCC3(CC2)OC(C(=O)NCC2CC2)Cn2ccnc23)c1. The van der Waals surface area contributed by atoms with Crippen LogP contribution in [0.15, 0.2) is 36.7 Å². The Morgan fingerprint density at radius 1 is 1.31 bits per heavy atom. The number of fused-ring (bicyclic) bond motifs is 2. The summed E-state index contributed by atoms with van der Waals surface area (Å²) in [6, 6.07) is 8.72. The Kier molecular flexibility index (Phi) is 4.92. The van der Waals surface area contributed by atoms with Gasteiger partial charge < -0.3 is 14.6 Å². The molecule has 154 valence electrons. The van der Waals surface area contributed by atoms with E-state index in [1.54, 1.807) is 0 Å². The van der Waals surface area contributed by atoms with Gasteiger partial charge in [-0.25, -0.2) is 4.98 Å². The Morgan fingerprint density at radius 2 is 2.14 bits per heavy atom. The lowest BCUT2D eigenvalue weighted by Gasteiger charge is -2.45. The van der Waals surface area contributed by atoms with Gasteiger partial charge in [-0.15, -0.1) is 0 Å². The second-order valence-corrected chi connectivity index (χ2v) is 8.96. The van der Waals surface area contributed by atoms with Crippen molar-refractivity contribution in [3.8, 4) is 0 Å². The number of amides is 1. The van der Waals surface area contributed by atoms with Crippen molar-refractivity contribution in [2.24, 2.45) is 5.92 Å². The van der Waals surface area contributed by atoms with E-state index in [0.29, 0.717) is 12.5 Å². The minimum atomic E-state index is -0.452. The van der Waals surface area contributed by atoms with Gasteiger partial charge in [-0.2, -0.15) is 0 Å². The average Bonchev–Trinajstić information content (AvgIpc) is 3.42.